The summed E-state index contributed by atoms with van der Waals surface area (Å²) in [4.78, 5) is 11.0. The van der Waals surface area contributed by atoms with Gasteiger partial charge in [0.2, 0.25) is 5.91 Å². The van der Waals surface area contributed by atoms with E-state index in [1.54, 1.807) is 0 Å². The molecule has 0 aromatic carbocycles. The maximum absolute atomic E-state index is 11.0. The zero-order chi connectivity index (χ0) is 11.0. The molecule has 1 amide bonds. The number of sulfone groups is 1. The Balaban J connectivity index is 3.41. The lowest BCUT2D eigenvalue weighted by Crippen LogP contribution is -2.34. The van der Waals surface area contributed by atoms with Crippen LogP contribution in [0.15, 0.2) is 0 Å². The van der Waals surface area contributed by atoms with Gasteiger partial charge in [-0.25, -0.2) is 8.42 Å². The Kier molecular flexibility index (Phi) is 6.48. The predicted molar refractivity (Wildman–Crippen MR) is 55.9 cm³/mol. The molecule has 14 heavy (non-hydrogen) atoms. The van der Waals surface area contributed by atoms with E-state index in [-0.39, 0.29) is 18.2 Å². The first-order valence-corrected chi connectivity index (χ1v) is 6.67. The summed E-state index contributed by atoms with van der Waals surface area (Å²) in [7, 11) is -2.91. The first-order chi connectivity index (χ1) is 6.45. The summed E-state index contributed by atoms with van der Waals surface area (Å²) < 4.78 is 21.4. The van der Waals surface area contributed by atoms with E-state index in [0.717, 1.165) is 6.54 Å². The number of carbonyl (C=O) groups excluding carboxylic acids is 1. The fourth-order valence-electron chi connectivity index (χ4n) is 0.863. The highest BCUT2D eigenvalue weighted by Crippen LogP contribution is 1.86. The molecule has 0 aliphatic heterocycles. The van der Waals surface area contributed by atoms with E-state index in [0.29, 0.717) is 13.0 Å². The highest BCUT2D eigenvalue weighted by molar-refractivity contribution is 7.90. The Hall–Kier alpha value is -0.620. The highest BCUT2D eigenvalue weighted by atomic mass is 32.2. The smallest absolute Gasteiger partial charge is 0.233 e. The van der Waals surface area contributed by atoms with Crippen LogP contribution in [0.3, 0.4) is 0 Å². The molecule has 0 heterocycles. The molecular formula is C8H18N2O3S. The SMILES string of the molecule is CCNCC(=O)NCCCS(C)(=O)=O. The summed E-state index contributed by atoms with van der Waals surface area (Å²) in [6, 6.07) is 0. The Morgan fingerprint density at radius 2 is 2.00 bits per heavy atom. The van der Waals surface area contributed by atoms with E-state index in [1.807, 2.05) is 6.92 Å². The topological polar surface area (TPSA) is 75.3 Å². The maximum atomic E-state index is 11.0. The molecule has 0 fully saturated rings. The van der Waals surface area contributed by atoms with Crippen LogP contribution in [-0.4, -0.2) is 46.0 Å². The second kappa shape index (κ2) is 6.78. The van der Waals surface area contributed by atoms with Crippen LogP contribution in [0.25, 0.3) is 0 Å². The summed E-state index contributed by atoms with van der Waals surface area (Å²) in [5, 5.41) is 5.50. The van der Waals surface area contributed by atoms with E-state index in [4.69, 9.17) is 0 Å². The molecule has 0 bridgehead atoms. The Morgan fingerprint density at radius 1 is 1.36 bits per heavy atom. The number of carbonyl (C=O) groups is 1. The Labute approximate surface area is 85.2 Å². The van der Waals surface area contributed by atoms with Crippen molar-refractivity contribution in [2.45, 2.75) is 13.3 Å². The fraction of sp³-hybridized carbons (Fsp3) is 0.875. The minimum atomic E-state index is -2.91. The average Bonchev–Trinajstić information content (AvgIpc) is 2.07. The molecule has 0 aromatic rings. The summed E-state index contributed by atoms with van der Waals surface area (Å²) in [6.45, 7) is 3.36. The van der Waals surface area contributed by atoms with Crippen LogP contribution in [0, 0.1) is 0 Å². The Bertz CT molecular complexity index is 262. The second-order valence-electron chi connectivity index (χ2n) is 3.11. The van der Waals surface area contributed by atoms with Crippen molar-refractivity contribution in [3.8, 4) is 0 Å². The third kappa shape index (κ3) is 9.47. The first-order valence-electron chi connectivity index (χ1n) is 4.61. The van der Waals surface area contributed by atoms with Gasteiger partial charge in [0, 0.05) is 12.8 Å². The van der Waals surface area contributed by atoms with Crippen LogP contribution in [0.1, 0.15) is 13.3 Å². The summed E-state index contributed by atoms with van der Waals surface area (Å²) in [6.07, 6.45) is 1.66. The standard InChI is InChI=1S/C8H18N2O3S/c1-3-9-7-8(11)10-5-4-6-14(2,12)13/h9H,3-7H2,1-2H3,(H,10,11). The largest absolute Gasteiger partial charge is 0.355 e. The van der Waals surface area contributed by atoms with Crippen LogP contribution in [-0.2, 0) is 14.6 Å². The number of rotatable bonds is 7. The van der Waals surface area contributed by atoms with E-state index in [2.05, 4.69) is 10.6 Å². The van der Waals surface area contributed by atoms with E-state index >= 15 is 0 Å². The molecule has 0 rings (SSSR count). The molecule has 0 aromatic heterocycles. The van der Waals surface area contributed by atoms with Gasteiger partial charge >= 0.3 is 0 Å². The van der Waals surface area contributed by atoms with Crippen LogP contribution >= 0.6 is 0 Å². The van der Waals surface area contributed by atoms with Gasteiger partial charge in [0.15, 0.2) is 0 Å². The molecule has 0 aliphatic rings. The third-order valence-corrected chi connectivity index (χ3v) is 2.58. The van der Waals surface area contributed by atoms with Gasteiger partial charge in [0.1, 0.15) is 9.84 Å². The maximum Gasteiger partial charge on any atom is 0.233 e. The Morgan fingerprint density at radius 3 is 2.50 bits per heavy atom. The van der Waals surface area contributed by atoms with Gasteiger partial charge in [-0.05, 0) is 13.0 Å². The molecule has 6 heteroatoms. The van der Waals surface area contributed by atoms with Crippen LogP contribution in [0.2, 0.25) is 0 Å². The van der Waals surface area contributed by atoms with Gasteiger partial charge < -0.3 is 10.6 Å². The third-order valence-electron chi connectivity index (χ3n) is 1.55. The zero-order valence-corrected chi connectivity index (χ0v) is 9.49. The van der Waals surface area contributed by atoms with Gasteiger partial charge in [-0.15, -0.1) is 0 Å². The monoisotopic (exact) mass is 222 g/mol. The van der Waals surface area contributed by atoms with Crippen LogP contribution in [0.5, 0.6) is 0 Å². The second-order valence-corrected chi connectivity index (χ2v) is 5.37. The van der Waals surface area contributed by atoms with Gasteiger partial charge in [-0.1, -0.05) is 6.92 Å². The minimum absolute atomic E-state index is 0.0969. The lowest BCUT2D eigenvalue weighted by atomic mass is 10.4. The number of amides is 1. The predicted octanol–water partition coefficient (Wildman–Crippen LogP) is -0.853. The quantitative estimate of drug-likeness (QED) is 0.550. The number of hydrogen-bond acceptors (Lipinski definition) is 4. The van der Waals surface area contributed by atoms with Crippen LogP contribution in [0.4, 0.5) is 0 Å². The number of hydrogen-bond donors (Lipinski definition) is 2. The van der Waals surface area contributed by atoms with Crippen molar-refractivity contribution >= 4 is 15.7 Å². The molecule has 0 atom stereocenters. The van der Waals surface area contributed by atoms with Crippen molar-refractivity contribution < 1.29 is 13.2 Å². The van der Waals surface area contributed by atoms with Crippen LogP contribution < -0.4 is 10.6 Å². The van der Waals surface area contributed by atoms with Crippen molar-refractivity contribution in [1.29, 1.82) is 0 Å². The normalized spacial score (nSPS) is 11.3. The highest BCUT2D eigenvalue weighted by Gasteiger charge is 2.02. The molecular weight excluding hydrogens is 204 g/mol. The summed E-state index contributed by atoms with van der Waals surface area (Å²) in [5.74, 6) is 0.0226. The van der Waals surface area contributed by atoms with E-state index < -0.39 is 9.84 Å². The lowest BCUT2D eigenvalue weighted by molar-refractivity contribution is -0.120. The van der Waals surface area contributed by atoms with Gasteiger partial charge in [0.25, 0.3) is 0 Å². The minimum Gasteiger partial charge on any atom is -0.355 e. The average molecular weight is 222 g/mol. The number of nitrogens with one attached hydrogen (secondary N) is 2. The molecule has 0 unspecified atom stereocenters. The molecule has 2 N–H and O–H groups in total. The van der Waals surface area contributed by atoms with Gasteiger partial charge in [-0.3, -0.25) is 4.79 Å². The molecule has 0 saturated heterocycles. The first kappa shape index (κ1) is 13.4. The van der Waals surface area contributed by atoms with E-state index in [9.17, 15) is 13.2 Å². The molecule has 0 radical (unpaired) electrons. The van der Waals surface area contributed by atoms with Crippen molar-refractivity contribution in [3.05, 3.63) is 0 Å². The molecule has 84 valence electrons. The summed E-state index contributed by atoms with van der Waals surface area (Å²) >= 11 is 0. The van der Waals surface area contributed by atoms with Crippen molar-refractivity contribution in [2.24, 2.45) is 0 Å². The lowest BCUT2D eigenvalue weighted by Gasteiger charge is -2.04. The molecule has 5 nitrogen and oxygen atoms in total. The molecule has 0 spiro atoms. The fourth-order valence-corrected chi connectivity index (χ4v) is 1.53. The van der Waals surface area contributed by atoms with Gasteiger partial charge in [0.05, 0.1) is 12.3 Å². The van der Waals surface area contributed by atoms with E-state index in [1.165, 1.54) is 6.26 Å². The van der Waals surface area contributed by atoms with Crippen molar-refractivity contribution in [1.82, 2.24) is 10.6 Å². The van der Waals surface area contributed by atoms with Gasteiger partial charge in [-0.2, -0.15) is 0 Å². The summed E-state index contributed by atoms with van der Waals surface area (Å²) in [5.41, 5.74) is 0. The van der Waals surface area contributed by atoms with Crippen molar-refractivity contribution in [2.75, 3.05) is 31.6 Å². The number of likely N-dealkylation sites (N-methyl/N-ethyl adjacent to an activating group) is 1. The zero-order valence-electron chi connectivity index (χ0n) is 8.67. The molecule has 0 aliphatic carbocycles. The molecule has 0 saturated carbocycles. The van der Waals surface area contributed by atoms with Crippen molar-refractivity contribution in [3.63, 3.8) is 0 Å².